The third-order valence-corrected chi connectivity index (χ3v) is 5.21. The Hall–Kier alpha value is -2.29. The van der Waals surface area contributed by atoms with Gasteiger partial charge in [-0.3, -0.25) is 0 Å². The average Bonchev–Trinajstić information content (AvgIpc) is 3.14. The van der Waals surface area contributed by atoms with Gasteiger partial charge in [-0.2, -0.15) is 0 Å². The van der Waals surface area contributed by atoms with Crippen molar-refractivity contribution >= 4 is 22.6 Å². The first kappa shape index (κ1) is 19.5. The number of allylic oxidation sites excluding steroid dienone is 1. The van der Waals surface area contributed by atoms with Crippen molar-refractivity contribution in [1.82, 2.24) is 0 Å². The lowest BCUT2D eigenvalue weighted by Gasteiger charge is -2.20. The van der Waals surface area contributed by atoms with Crippen LogP contribution in [0.3, 0.4) is 0 Å². The van der Waals surface area contributed by atoms with Crippen LogP contribution in [-0.2, 0) is 4.74 Å². The fourth-order valence-electron chi connectivity index (χ4n) is 3.00. The van der Waals surface area contributed by atoms with Crippen LogP contribution >= 0.6 is 22.6 Å². The minimum atomic E-state index is -0.111. The molecule has 144 valence electrons. The van der Waals surface area contributed by atoms with Crippen molar-refractivity contribution in [2.75, 3.05) is 35.2 Å². The maximum atomic E-state index is 5.56. The zero-order valence-electron chi connectivity index (χ0n) is 15.6. The van der Waals surface area contributed by atoms with E-state index in [0.717, 1.165) is 26.2 Å². The van der Waals surface area contributed by atoms with Crippen molar-refractivity contribution in [2.45, 2.75) is 5.92 Å². The summed E-state index contributed by atoms with van der Waals surface area (Å²) in [5.41, 5.74) is 2.03. The van der Waals surface area contributed by atoms with E-state index >= 15 is 0 Å². The van der Waals surface area contributed by atoms with Gasteiger partial charge in [0.1, 0.15) is 0 Å². The molecule has 0 aromatic heterocycles. The Bertz CT molecular complexity index is 824. The molecule has 0 spiro atoms. The van der Waals surface area contributed by atoms with Crippen LogP contribution in [-0.4, -0.2) is 35.2 Å². The monoisotopic (exact) mass is 484 g/mol. The Morgan fingerprint density at radius 2 is 1.56 bits per heavy atom. The molecule has 1 atom stereocenters. The molecule has 1 heterocycles. The van der Waals surface area contributed by atoms with Crippen LogP contribution in [0, 0.1) is 3.57 Å². The zero-order chi connectivity index (χ0) is 19.4. The van der Waals surface area contributed by atoms with Crippen LogP contribution < -0.4 is 23.7 Å². The quantitative estimate of drug-likeness (QED) is 0.431. The molecule has 1 aliphatic rings. The lowest BCUT2D eigenvalue weighted by molar-refractivity contribution is 0.174. The standard InChI is InChI=1S/C20H21IO6/c1-22-6-5-13(14-9-16-17(10-15(14)21)27-11-26-16)12-7-18(23-2)20(25-4)19(8-12)24-3/h5-10,13H,11H2,1-4H3. The van der Waals surface area contributed by atoms with Crippen molar-refractivity contribution in [3.8, 4) is 28.7 Å². The van der Waals surface area contributed by atoms with Crippen LogP contribution in [0.4, 0.5) is 0 Å². The van der Waals surface area contributed by atoms with Gasteiger partial charge in [-0.05, 0) is 64.1 Å². The van der Waals surface area contributed by atoms with Crippen molar-refractivity contribution in [3.63, 3.8) is 0 Å². The van der Waals surface area contributed by atoms with Crippen molar-refractivity contribution in [2.24, 2.45) is 0 Å². The van der Waals surface area contributed by atoms with E-state index in [9.17, 15) is 0 Å². The van der Waals surface area contributed by atoms with E-state index in [0.29, 0.717) is 17.2 Å². The maximum absolute atomic E-state index is 5.56. The largest absolute Gasteiger partial charge is 0.505 e. The number of benzene rings is 2. The molecule has 1 unspecified atom stereocenters. The van der Waals surface area contributed by atoms with Crippen LogP contribution in [0.25, 0.3) is 0 Å². The number of halogens is 1. The smallest absolute Gasteiger partial charge is 0.231 e. The Morgan fingerprint density at radius 3 is 2.11 bits per heavy atom. The van der Waals surface area contributed by atoms with Crippen LogP contribution in [0.1, 0.15) is 17.0 Å². The normalized spacial score (nSPS) is 13.5. The summed E-state index contributed by atoms with van der Waals surface area (Å²) < 4.78 is 33.7. The summed E-state index contributed by atoms with van der Waals surface area (Å²) in [6.07, 6.45) is 3.63. The van der Waals surface area contributed by atoms with Crippen molar-refractivity contribution in [1.29, 1.82) is 0 Å². The Kier molecular flexibility index (Phi) is 6.20. The van der Waals surface area contributed by atoms with Gasteiger partial charge >= 0.3 is 0 Å². The maximum Gasteiger partial charge on any atom is 0.231 e. The average molecular weight is 484 g/mol. The van der Waals surface area contributed by atoms with Crippen LogP contribution in [0.15, 0.2) is 36.6 Å². The highest BCUT2D eigenvalue weighted by atomic mass is 127. The van der Waals surface area contributed by atoms with E-state index in [1.165, 1.54) is 0 Å². The predicted molar refractivity (Wildman–Crippen MR) is 109 cm³/mol. The molecule has 1 aliphatic heterocycles. The number of fused-ring (bicyclic) bond motifs is 1. The lowest BCUT2D eigenvalue weighted by atomic mass is 9.90. The van der Waals surface area contributed by atoms with Crippen molar-refractivity contribution < 1.29 is 28.4 Å². The van der Waals surface area contributed by atoms with E-state index < -0.39 is 0 Å². The fourth-order valence-corrected chi connectivity index (χ4v) is 3.78. The first-order valence-corrected chi connectivity index (χ1v) is 9.29. The molecule has 6 nitrogen and oxygen atoms in total. The lowest BCUT2D eigenvalue weighted by Crippen LogP contribution is -2.04. The SMILES string of the molecule is COC=CC(c1cc(OC)c(OC)c(OC)c1)c1cc2c(cc1I)OCO2. The number of methoxy groups -OCH3 is 4. The molecule has 0 radical (unpaired) electrons. The molecule has 0 N–H and O–H groups in total. The fraction of sp³-hybridized carbons (Fsp3) is 0.300. The summed E-state index contributed by atoms with van der Waals surface area (Å²) in [6, 6.07) is 7.85. The van der Waals surface area contributed by atoms with Gasteiger partial charge < -0.3 is 28.4 Å². The molecular formula is C20H21IO6. The number of rotatable bonds is 7. The second-order valence-corrected chi connectivity index (χ2v) is 6.89. The molecule has 0 saturated carbocycles. The highest BCUT2D eigenvalue weighted by Crippen LogP contribution is 2.44. The third-order valence-electron chi connectivity index (χ3n) is 4.28. The molecule has 7 heteroatoms. The summed E-state index contributed by atoms with van der Waals surface area (Å²) in [5.74, 6) is 3.12. The molecule has 2 aromatic rings. The zero-order valence-corrected chi connectivity index (χ0v) is 17.7. The van der Waals surface area contributed by atoms with E-state index in [1.807, 2.05) is 30.3 Å². The Morgan fingerprint density at radius 1 is 0.926 bits per heavy atom. The van der Waals surface area contributed by atoms with Gasteiger partial charge in [0.15, 0.2) is 23.0 Å². The minimum absolute atomic E-state index is 0.111. The minimum Gasteiger partial charge on any atom is -0.505 e. The van der Waals surface area contributed by atoms with Gasteiger partial charge in [0.25, 0.3) is 0 Å². The van der Waals surface area contributed by atoms with Gasteiger partial charge in [0.2, 0.25) is 12.5 Å². The molecule has 0 fully saturated rings. The van der Waals surface area contributed by atoms with Crippen molar-refractivity contribution in [3.05, 3.63) is 51.3 Å². The summed E-state index contributed by atoms with van der Waals surface area (Å²) in [4.78, 5) is 0. The highest BCUT2D eigenvalue weighted by Gasteiger charge is 2.24. The predicted octanol–water partition coefficient (Wildman–Crippen LogP) is 4.34. The second kappa shape index (κ2) is 8.60. The van der Waals surface area contributed by atoms with Crippen LogP contribution in [0.2, 0.25) is 0 Å². The van der Waals surface area contributed by atoms with Gasteiger partial charge in [0.05, 0.1) is 34.7 Å². The Balaban J connectivity index is 2.15. The second-order valence-electron chi connectivity index (χ2n) is 5.73. The van der Waals surface area contributed by atoms with Crippen LogP contribution in [0.5, 0.6) is 28.7 Å². The number of hydrogen-bond donors (Lipinski definition) is 0. The van der Waals surface area contributed by atoms with E-state index in [1.54, 1.807) is 34.7 Å². The molecule has 27 heavy (non-hydrogen) atoms. The molecule has 0 amide bonds. The van der Waals surface area contributed by atoms with Gasteiger partial charge in [0, 0.05) is 9.49 Å². The summed E-state index contributed by atoms with van der Waals surface area (Å²) >= 11 is 2.30. The topological polar surface area (TPSA) is 55.4 Å². The van der Waals surface area contributed by atoms with E-state index in [2.05, 4.69) is 22.6 Å². The molecule has 2 aromatic carbocycles. The third kappa shape index (κ3) is 3.87. The molecule has 3 rings (SSSR count). The van der Waals surface area contributed by atoms with E-state index in [4.69, 9.17) is 28.4 Å². The number of ether oxygens (including phenoxy) is 6. The summed E-state index contributed by atoms with van der Waals surface area (Å²) in [5, 5.41) is 0. The molecule has 0 aliphatic carbocycles. The van der Waals surface area contributed by atoms with E-state index in [-0.39, 0.29) is 12.7 Å². The molecular weight excluding hydrogens is 463 g/mol. The molecule has 0 bridgehead atoms. The molecule has 0 saturated heterocycles. The highest BCUT2D eigenvalue weighted by molar-refractivity contribution is 14.1. The van der Waals surface area contributed by atoms with Gasteiger partial charge in [-0.1, -0.05) is 0 Å². The first-order valence-electron chi connectivity index (χ1n) is 8.21. The Labute approximate surface area is 172 Å². The number of hydrogen-bond acceptors (Lipinski definition) is 6. The summed E-state index contributed by atoms with van der Waals surface area (Å²) in [6.45, 7) is 0.234. The first-order chi connectivity index (χ1) is 13.1. The van der Waals surface area contributed by atoms with Gasteiger partial charge in [-0.25, -0.2) is 0 Å². The summed E-state index contributed by atoms with van der Waals surface area (Å²) in [7, 11) is 6.41. The van der Waals surface area contributed by atoms with Gasteiger partial charge in [-0.15, -0.1) is 0 Å².